The molecule has 7 aromatic carbocycles. The number of hydrogen-bond acceptors (Lipinski definition) is 2. The lowest BCUT2D eigenvalue weighted by Gasteiger charge is -2.45. The van der Waals surface area contributed by atoms with Gasteiger partial charge >= 0.3 is 0 Å². The molecule has 0 spiro atoms. The van der Waals surface area contributed by atoms with Gasteiger partial charge in [0.15, 0.2) is 0 Å². The number of rotatable bonds is 5. The molecule has 0 atom stereocenters. The van der Waals surface area contributed by atoms with Crippen LogP contribution in [0.1, 0.15) is 43.6 Å². The van der Waals surface area contributed by atoms with E-state index >= 15 is 0 Å². The molecule has 2 aliphatic heterocycles. The van der Waals surface area contributed by atoms with Gasteiger partial charge < -0.3 is 9.80 Å². The van der Waals surface area contributed by atoms with Crippen LogP contribution in [0.5, 0.6) is 0 Å². The first-order valence-corrected chi connectivity index (χ1v) is 18.6. The van der Waals surface area contributed by atoms with E-state index < -0.39 is 0 Å². The first-order chi connectivity index (χ1) is 25.3. The van der Waals surface area contributed by atoms with Gasteiger partial charge in [-0.3, -0.25) is 0 Å². The molecule has 0 N–H and O–H groups in total. The summed E-state index contributed by atoms with van der Waals surface area (Å²) in [5, 5.41) is 0. The highest BCUT2D eigenvalue weighted by atomic mass is 15.2. The van der Waals surface area contributed by atoms with Crippen LogP contribution in [0.3, 0.4) is 0 Å². The molecule has 0 bridgehead atoms. The minimum absolute atomic E-state index is 0. The van der Waals surface area contributed by atoms with Crippen LogP contribution in [-0.4, -0.2) is 15.1 Å². The normalized spacial score (nSPS) is 14.6. The number of anilines is 6. The summed E-state index contributed by atoms with van der Waals surface area (Å²) in [4.78, 5) is 5.11. The molecule has 2 nitrogen and oxygen atoms in total. The largest absolute Gasteiger partial charge is 0.311 e. The second-order valence-electron chi connectivity index (χ2n) is 14.3. The second-order valence-corrected chi connectivity index (χ2v) is 14.3. The van der Waals surface area contributed by atoms with Crippen molar-refractivity contribution in [3.8, 4) is 22.3 Å². The number of hydrogen-bond donors (Lipinski definition) is 0. The Hall–Kier alpha value is -5.73. The maximum Gasteiger partial charge on any atom is 0.252 e. The number of fused-ring (bicyclic) bond motifs is 4. The predicted octanol–water partition coefficient (Wildman–Crippen LogP) is 10.8. The van der Waals surface area contributed by atoms with Crippen molar-refractivity contribution in [2.24, 2.45) is 0 Å². The van der Waals surface area contributed by atoms with E-state index in [0.29, 0.717) is 5.92 Å². The lowest BCUT2D eigenvalue weighted by Crippen LogP contribution is -2.61. The molecule has 10 rings (SSSR count). The Balaban J connectivity index is 0.00000360. The van der Waals surface area contributed by atoms with Gasteiger partial charge in [0.05, 0.1) is 0 Å². The molecule has 1 aliphatic carbocycles. The highest BCUT2D eigenvalue weighted by Crippen LogP contribution is 2.47. The third-order valence-corrected chi connectivity index (χ3v) is 11.4. The topological polar surface area (TPSA) is 6.48 Å². The van der Waals surface area contributed by atoms with E-state index in [0.717, 1.165) is 0 Å². The standard InChI is InChI=1S/C48H39BN2.B/c1-5-17-34(18-6-1)37-32-46-48-47(33-37)51(39-23-11-4-12-24-39)45-31-36(41-26-14-13-25-40(41)35-19-7-2-8-20-35)29-30-43(45)49(48)42-27-15-16-28-44(42)50(46)38-21-9-3-10-22-38;/h2-4,7-16,19-34H,1,5-6,17-18H2;. The summed E-state index contributed by atoms with van der Waals surface area (Å²) >= 11 is 0. The van der Waals surface area contributed by atoms with Crippen molar-refractivity contribution >= 4 is 65.6 Å². The van der Waals surface area contributed by atoms with Gasteiger partial charge in [0.2, 0.25) is 0 Å². The summed E-state index contributed by atoms with van der Waals surface area (Å²) in [6.07, 6.45) is 6.47. The molecule has 0 unspecified atom stereocenters. The van der Waals surface area contributed by atoms with Crippen LogP contribution in [0, 0.1) is 0 Å². The van der Waals surface area contributed by atoms with Crippen molar-refractivity contribution < 1.29 is 0 Å². The third-order valence-electron chi connectivity index (χ3n) is 11.4. The molecule has 3 aliphatic rings. The molecular formula is C48H39B2N2. The average molecular weight is 665 g/mol. The third kappa shape index (κ3) is 5.28. The Bertz CT molecular complexity index is 2370. The van der Waals surface area contributed by atoms with Crippen molar-refractivity contribution in [1.29, 1.82) is 0 Å². The zero-order valence-electron chi connectivity index (χ0n) is 29.3. The van der Waals surface area contributed by atoms with Crippen molar-refractivity contribution in [2.75, 3.05) is 9.80 Å². The SMILES string of the molecule is [B].c1ccc(-c2ccccc2-c2ccc3c(c2)N(c2ccccc2)c2cc(C4CCCCC4)cc4c2B3c2ccccc2N4c2ccccc2)cc1. The molecule has 3 radical (unpaired) electrons. The quantitative estimate of drug-likeness (QED) is 0.169. The highest BCUT2D eigenvalue weighted by Gasteiger charge is 2.43. The summed E-state index contributed by atoms with van der Waals surface area (Å²) < 4.78 is 0. The maximum absolute atomic E-state index is 2.57. The minimum atomic E-state index is 0. The van der Waals surface area contributed by atoms with Gasteiger partial charge in [0.25, 0.3) is 6.71 Å². The smallest absolute Gasteiger partial charge is 0.252 e. The van der Waals surface area contributed by atoms with Crippen molar-refractivity contribution in [1.82, 2.24) is 0 Å². The Labute approximate surface area is 310 Å². The zero-order valence-corrected chi connectivity index (χ0v) is 29.3. The van der Waals surface area contributed by atoms with E-state index in [1.165, 1.54) is 110 Å². The van der Waals surface area contributed by atoms with Gasteiger partial charge in [-0.15, -0.1) is 0 Å². The molecule has 52 heavy (non-hydrogen) atoms. The molecule has 7 aromatic rings. The molecule has 4 heteroatoms. The Morgan fingerprint density at radius 1 is 0.423 bits per heavy atom. The molecule has 1 fully saturated rings. The predicted molar refractivity (Wildman–Crippen MR) is 223 cm³/mol. The summed E-state index contributed by atoms with van der Waals surface area (Å²) in [6.45, 7) is 0.111. The average Bonchev–Trinajstić information content (AvgIpc) is 3.21. The fraction of sp³-hybridized carbons (Fsp3) is 0.125. The van der Waals surface area contributed by atoms with Crippen molar-refractivity contribution in [3.05, 3.63) is 175 Å². The van der Waals surface area contributed by atoms with E-state index in [1.807, 2.05) is 0 Å². The lowest BCUT2D eigenvalue weighted by atomic mass is 9.33. The van der Waals surface area contributed by atoms with E-state index in [-0.39, 0.29) is 15.1 Å². The van der Waals surface area contributed by atoms with Crippen LogP contribution >= 0.6 is 0 Å². The van der Waals surface area contributed by atoms with Gasteiger partial charge in [-0.1, -0.05) is 141 Å². The van der Waals surface area contributed by atoms with Crippen LogP contribution < -0.4 is 26.2 Å². The van der Waals surface area contributed by atoms with Crippen LogP contribution in [0.2, 0.25) is 0 Å². The minimum Gasteiger partial charge on any atom is -0.311 e. The summed E-state index contributed by atoms with van der Waals surface area (Å²) in [6, 6.07) is 63.2. The van der Waals surface area contributed by atoms with Gasteiger partial charge in [0, 0.05) is 42.5 Å². The second kappa shape index (κ2) is 13.4. The fourth-order valence-corrected chi connectivity index (χ4v) is 9.12. The summed E-state index contributed by atoms with van der Waals surface area (Å²) in [7, 11) is 0. The molecular weight excluding hydrogens is 626 g/mol. The van der Waals surface area contributed by atoms with Crippen molar-refractivity contribution in [3.63, 3.8) is 0 Å². The molecule has 0 amide bonds. The first kappa shape index (κ1) is 32.2. The van der Waals surface area contributed by atoms with Crippen LogP contribution in [0.15, 0.2) is 170 Å². The number of nitrogens with zero attached hydrogens (tertiary/aromatic N) is 2. The van der Waals surface area contributed by atoms with Gasteiger partial charge in [-0.2, -0.15) is 0 Å². The zero-order chi connectivity index (χ0) is 33.7. The van der Waals surface area contributed by atoms with Crippen LogP contribution in [-0.2, 0) is 0 Å². The van der Waals surface area contributed by atoms with Gasteiger partial charge in [0.1, 0.15) is 0 Å². The van der Waals surface area contributed by atoms with E-state index in [1.54, 1.807) is 0 Å². The number of para-hydroxylation sites is 3. The monoisotopic (exact) mass is 665 g/mol. The van der Waals surface area contributed by atoms with E-state index in [2.05, 4.69) is 180 Å². The summed E-state index contributed by atoms with van der Waals surface area (Å²) in [5.74, 6) is 0.566. The molecule has 0 saturated heterocycles. The van der Waals surface area contributed by atoms with E-state index in [4.69, 9.17) is 0 Å². The van der Waals surface area contributed by atoms with Gasteiger partial charge in [-0.05, 0) is 111 Å². The first-order valence-electron chi connectivity index (χ1n) is 18.6. The molecule has 247 valence electrons. The summed E-state index contributed by atoms with van der Waals surface area (Å²) in [5.41, 5.74) is 18.1. The Morgan fingerprint density at radius 2 is 0.942 bits per heavy atom. The lowest BCUT2D eigenvalue weighted by molar-refractivity contribution is 0.444. The Kier molecular flexibility index (Phi) is 8.32. The highest BCUT2D eigenvalue weighted by molar-refractivity contribution is 7.00. The number of benzene rings is 7. The van der Waals surface area contributed by atoms with E-state index in [9.17, 15) is 0 Å². The van der Waals surface area contributed by atoms with Gasteiger partial charge in [-0.25, -0.2) is 0 Å². The van der Waals surface area contributed by atoms with Crippen LogP contribution in [0.25, 0.3) is 22.3 Å². The van der Waals surface area contributed by atoms with Crippen LogP contribution in [0.4, 0.5) is 34.1 Å². The maximum atomic E-state index is 2.57. The fourth-order valence-electron chi connectivity index (χ4n) is 9.12. The molecule has 2 heterocycles. The molecule has 1 saturated carbocycles. The van der Waals surface area contributed by atoms with Crippen molar-refractivity contribution in [2.45, 2.75) is 38.0 Å². The molecule has 0 aromatic heterocycles. The Morgan fingerprint density at radius 3 is 1.60 bits per heavy atom.